The van der Waals surface area contributed by atoms with Gasteiger partial charge in [0.1, 0.15) is 16.5 Å². The molecule has 2 N–H and O–H groups in total. The fourth-order valence-electron chi connectivity index (χ4n) is 7.19. The van der Waals surface area contributed by atoms with E-state index in [2.05, 4.69) is 43.2 Å². The third kappa shape index (κ3) is 6.20. The Morgan fingerprint density at radius 3 is 2.33 bits per heavy atom. The molecule has 0 aromatic carbocycles. The summed E-state index contributed by atoms with van der Waals surface area (Å²) < 4.78 is 25.4. The van der Waals surface area contributed by atoms with Gasteiger partial charge in [0.25, 0.3) is 5.88 Å². The summed E-state index contributed by atoms with van der Waals surface area (Å²) in [7, 11) is 0.988. The molecule has 49 heavy (non-hydrogen) atoms. The van der Waals surface area contributed by atoms with Crippen LogP contribution in [0.1, 0.15) is 112 Å². The maximum atomic E-state index is 15.3. The minimum Gasteiger partial charge on any atom is -0.508 e. The van der Waals surface area contributed by atoms with Crippen LogP contribution in [0.2, 0.25) is 23.3 Å². The third-order valence-corrected chi connectivity index (χ3v) is 15.5. The van der Waals surface area contributed by atoms with E-state index >= 15 is 4.79 Å². The summed E-state index contributed by atoms with van der Waals surface area (Å²) in [5.41, 5.74) is -0.721. The first-order chi connectivity index (χ1) is 23.1. The van der Waals surface area contributed by atoms with Gasteiger partial charge in [-0.05, 0) is 75.9 Å². The molecule has 2 aromatic rings. The number of anilines is 1. The minimum absolute atomic E-state index is 0.0805. The maximum Gasteiger partial charge on any atom is 0.265 e. The van der Waals surface area contributed by atoms with Gasteiger partial charge in [-0.15, -0.1) is 0 Å². The minimum atomic E-state index is -2.82. The van der Waals surface area contributed by atoms with E-state index in [1.54, 1.807) is 0 Å². The zero-order valence-corrected chi connectivity index (χ0v) is 32.5. The number of aliphatic hydroxyl groups excluding tert-OH is 1. The van der Waals surface area contributed by atoms with Gasteiger partial charge in [-0.25, -0.2) is 4.98 Å². The Morgan fingerprint density at radius 1 is 1.08 bits per heavy atom. The molecule has 11 nitrogen and oxygen atoms in total. The number of nitrogens with one attached hydrogen (secondary N) is 1. The largest absolute Gasteiger partial charge is 0.508 e. The number of carbonyl (C=O) groups is 2. The second-order valence-corrected chi connectivity index (χ2v) is 20.3. The van der Waals surface area contributed by atoms with Crippen LogP contribution in [0.4, 0.5) is 5.82 Å². The second-order valence-electron chi connectivity index (χ2n) is 15.3. The average Bonchev–Trinajstić information content (AvgIpc) is 3.43. The Balaban J connectivity index is 1.79. The molecule has 4 atom stereocenters. The molecule has 270 valence electrons. The van der Waals surface area contributed by atoms with Crippen LogP contribution in [0.5, 0.6) is 11.6 Å². The molecule has 0 radical (unpaired) electrons. The van der Waals surface area contributed by atoms with Gasteiger partial charge in [-0.3, -0.25) is 14.5 Å². The lowest BCUT2D eigenvalue weighted by Gasteiger charge is -2.55. The molecule has 13 heteroatoms. The van der Waals surface area contributed by atoms with E-state index in [-0.39, 0.29) is 38.5 Å². The highest BCUT2D eigenvalue weighted by Crippen LogP contribution is 2.60. The monoisotopic (exact) mass is 716 g/mol. The number of hydrogen-bond acceptors (Lipinski definition) is 11. The van der Waals surface area contributed by atoms with Crippen molar-refractivity contribution in [2.24, 2.45) is 11.8 Å². The van der Waals surface area contributed by atoms with E-state index in [0.29, 0.717) is 55.5 Å². The number of hydrogen-bond donors (Lipinski definition) is 2. The number of ketones is 2. The molecule has 3 aliphatic rings. The number of pyridine rings is 1. The number of ether oxygens (including phenoxy) is 2. The normalized spacial score (nSPS) is 23.6. The van der Waals surface area contributed by atoms with E-state index in [9.17, 15) is 9.90 Å². The van der Waals surface area contributed by atoms with Gasteiger partial charge in [-0.1, -0.05) is 59.1 Å². The van der Waals surface area contributed by atoms with Crippen LogP contribution in [0.3, 0.4) is 0 Å². The van der Waals surface area contributed by atoms with E-state index < -0.39 is 43.4 Å². The van der Waals surface area contributed by atoms with Gasteiger partial charge in [0.2, 0.25) is 5.78 Å². The first kappa shape index (κ1) is 37.3. The number of nitrogens with zero attached hydrogens (tertiary/aromatic N) is 3. The molecule has 0 amide bonds. The first-order valence-electron chi connectivity index (χ1n) is 17.7. The Morgan fingerprint density at radius 2 is 1.73 bits per heavy atom. The lowest BCUT2D eigenvalue weighted by Crippen LogP contribution is -2.65. The lowest BCUT2D eigenvalue weighted by atomic mass is 9.58. The van der Waals surface area contributed by atoms with Gasteiger partial charge in [0.05, 0.1) is 24.8 Å². The molecule has 0 fully saturated rings. The summed E-state index contributed by atoms with van der Waals surface area (Å²) in [6.07, 6.45) is 4.02. The molecule has 0 aliphatic heterocycles. The van der Waals surface area contributed by atoms with Crippen LogP contribution in [0.15, 0.2) is 15.9 Å². The predicted octanol–water partition coefficient (Wildman–Crippen LogP) is 7.96. The van der Waals surface area contributed by atoms with Crippen molar-refractivity contribution in [2.45, 2.75) is 110 Å². The van der Waals surface area contributed by atoms with E-state index in [0.717, 1.165) is 25.7 Å². The summed E-state index contributed by atoms with van der Waals surface area (Å²) in [6, 6.07) is -0.522. The van der Waals surface area contributed by atoms with Crippen LogP contribution in [0.25, 0.3) is 0 Å². The number of allylic oxidation sites excluding steroid dienone is 1. The van der Waals surface area contributed by atoms with Crippen molar-refractivity contribution >= 4 is 37.3 Å². The zero-order valence-electron chi connectivity index (χ0n) is 30.7. The zero-order chi connectivity index (χ0) is 36.1. The number of aliphatic hydroxyl groups is 1. The molecule has 0 saturated heterocycles. The number of fused-ring (bicyclic) bond motifs is 4. The molecule has 0 saturated carbocycles. The molecule has 0 unspecified atom stereocenters. The van der Waals surface area contributed by atoms with E-state index in [1.807, 2.05) is 45.9 Å². The highest BCUT2D eigenvalue weighted by atomic mass is 35.5. The third-order valence-electron chi connectivity index (χ3n) is 10.7. The fraction of sp³-hybridized carbons (Fsp3) is 0.667. The summed E-state index contributed by atoms with van der Waals surface area (Å²) in [4.78, 5) is 36.8. The smallest absolute Gasteiger partial charge is 0.265 e. The van der Waals surface area contributed by atoms with Crippen molar-refractivity contribution in [3.63, 3.8) is 0 Å². The predicted molar refractivity (Wildman–Crippen MR) is 192 cm³/mol. The van der Waals surface area contributed by atoms with Crippen molar-refractivity contribution in [1.29, 1.82) is 0 Å². The van der Waals surface area contributed by atoms with E-state index in [1.165, 1.54) is 0 Å². The molecule has 3 aliphatic carbocycles. The Kier molecular flexibility index (Phi) is 10.7. The molecule has 2 heterocycles. The number of aromatic nitrogens is 2. The standard InChI is InChI=1S/C36H53ClN4O7Si/c1-11-14-16-45-29-24-21(32(37)39-33(29)38-13-3)18-20-19-22-26(41(7)8)28-25(34(40-47-28)46-17-15-12-2)31(44)36(22,30(43)23(20)27(24)42)48-49(9,10)35(4,5)6/h20,22,26,43H,11-19H2,1-10H3,(H,38,39)/t20-,22-,26-,36-/m0/s1. The summed E-state index contributed by atoms with van der Waals surface area (Å²) in [6.45, 7) is 17.7. The van der Waals surface area contributed by atoms with Gasteiger partial charge in [0, 0.05) is 23.6 Å². The van der Waals surface area contributed by atoms with Gasteiger partial charge >= 0.3 is 0 Å². The van der Waals surface area contributed by atoms with Crippen molar-refractivity contribution in [2.75, 3.05) is 39.2 Å². The molecule has 5 rings (SSSR count). The highest BCUT2D eigenvalue weighted by molar-refractivity contribution is 6.74. The summed E-state index contributed by atoms with van der Waals surface area (Å²) in [5.74, 6) is -1.22. The average molecular weight is 717 g/mol. The second kappa shape index (κ2) is 14.0. The first-order valence-corrected chi connectivity index (χ1v) is 21.0. The topological polar surface area (TPSA) is 136 Å². The van der Waals surface area contributed by atoms with E-state index in [4.69, 9.17) is 30.0 Å². The Labute approximate surface area is 296 Å². The van der Waals surface area contributed by atoms with Crippen LogP contribution in [-0.4, -0.2) is 79.5 Å². The summed E-state index contributed by atoms with van der Waals surface area (Å²) >= 11 is 6.82. The maximum absolute atomic E-state index is 15.3. The van der Waals surface area contributed by atoms with Crippen LogP contribution in [-0.2, 0) is 10.8 Å². The van der Waals surface area contributed by atoms with Gasteiger partial charge in [-0.2, -0.15) is 0 Å². The Bertz CT molecular complexity index is 1630. The number of Topliss-reactive ketones (excluding diaryl/α,β-unsaturated/α-hetero) is 2. The van der Waals surface area contributed by atoms with Crippen molar-refractivity contribution < 1.29 is 33.1 Å². The molecule has 2 aromatic heterocycles. The Hall–Kier alpha value is -2.93. The van der Waals surface area contributed by atoms with Gasteiger partial charge < -0.3 is 28.8 Å². The number of halogens is 1. The summed E-state index contributed by atoms with van der Waals surface area (Å²) in [5, 5.41) is 20.1. The van der Waals surface area contributed by atoms with Crippen molar-refractivity contribution in [3.05, 3.63) is 38.9 Å². The number of unbranched alkanes of at least 4 members (excludes halogenated alkanes) is 2. The SMILES string of the molecule is CCCCOc1noc2c1C(=O)[C@@]1(O[Si](C)(C)C(C)(C)C)C(O)=C3C(=O)c4c(c(Cl)nc(NCC)c4OCCCC)C[C@H]3C[C@H]1[C@@H]2N(C)C. The van der Waals surface area contributed by atoms with Crippen molar-refractivity contribution in [3.8, 4) is 11.6 Å². The molecular formula is C36H53ClN4O7Si. The van der Waals surface area contributed by atoms with Crippen LogP contribution in [0, 0.1) is 11.8 Å². The molecule has 0 spiro atoms. The van der Waals surface area contributed by atoms with Crippen LogP contribution < -0.4 is 14.8 Å². The lowest BCUT2D eigenvalue weighted by molar-refractivity contribution is -0.0480. The molecule has 0 bridgehead atoms. The molecular weight excluding hydrogens is 664 g/mol. The number of carbonyl (C=O) groups excluding carboxylic acids is 2. The quantitative estimate of drug-likeness (QED) is 0.119. The van der Waals surface area contributed by atoms with Gasteiger partial charge in [0.15, 0.2) is 37.0 Å². The van der Waals surface area contributed by atoms with Crippen LogP contribution >= 0.6 is 11.6 Å². The fourth-order valence-corrected chi connectivity index (χ4v) is 8.90. The highest BCUT2D eigenvalue weighted by Gasteiger charge is 2.67. The van der Waals surface area contributed by atoms with Crippen molar-refractivity contribution in [1.82, 2.24) is 15.0 Å². The number of rotatable bonds is 13.